The molecule has 0 spiro atoms. The van der Waals surface area contributed by atoms with Crippen LogP contribution >= 0.6 is 0 Å². The van der Waals surface area contributed by atoms with Crippen LogP contribution in [-0.2, 0) is 0 Å². The van der Waals surface area contributed by atoms with Crippen LogP contribution in [0.4, 0.5) is 0 Å². The molecule has 1 rings (SSSR count). The van der Waals surface area contributed by atoms with Crippen LogP contribution in [-0.4, -0.2) is 134 Å². The van der Waals surface area contributed by atoms with E-state index in [9.17, 15) is 19.2 Å². The highest BCUT2D eigenvalue weighted by molar-refractivity contribution is 6.31. The molecule has 0 aliphatic heterocycles. The van der Waals surface area contributed by atoms with E-state index in [4.69, 9.17) is 80.7 Å². The first-order valence-electron chi connectivity index (χ1n) is 7.46. The van der Waals surface area contributed by atoms with Gasteiger partial charge in [-0.05, 0) is 12.1 Å². The molecular formula is C10H18B4O20. The quantitative estimate of drug-likeness (QED) is 0.170. The predicted octanol–water partition coefficient (Wildman–Crippen LogP) is -7.73. The van der Waals surface area contributed by atoms with Crippen molar-refractivity contribution in [1.29, 1.82) is 0 Å². The van der Waals surface area contributed by atoms with Gasteiger partial charge in [0.1, 0.15) is 0 Å². The topological polar surface area (TPSA) is 392 Å². The monoisotopic (exact) mass is 502 g/mol. The standard InChI is InChI=1S/C10H6O8.4BH3O3/c11-7(12)3-1-4(8(13)14)6(10(17)18)2-5(3)9(15)16;4*2-1(3)4/h1-2H,(H,11,12)(H,13,14)(H,15,16)(H,17,18);4*2-4H. The lowest BCUT2D eigenvalue weighted by Gasteiger charge is -2.06. The summed E-state index contributed by atoms with van der Waals surface area (Å²) in [6.07, 6.45) is 0. The lowest BCUT2D eigenvalue weighted by molar-refractivity contribution is 0.0637. The van der Waals surface area contributed by atoms with Gasteiger partial charge in [0.05, 0.1) is 22.3 Å². The maximum Gasteiger partial charge on any atom is 0.631 e. The third kappa shape index (κ3) is 26.9. The van der Waals surface area contributed by atoms with E-state index in [1.165, 1.54) is 0 Å². The largest absolute Gasteiger partial charge is 0.631 e. The number of rotatable bonds is 4. The Bertz CT molecular complexity index is 633. The summed E-state index contributed by atoms with van der Waals surface area (Å²) in [6, 6.07) is 1.02. The molecule has 0 radical (unpaired) electrons. The normalized spacial score (nSPS) is 8.35. The minimum absolute atomic E-state index is 0.511. The Labute approximate surface area is 188 Å². The second-order valence-corrected chi connectivity index (χ2v) is 4.55. The average molecular weight is 501 g/mol. The first-order chi connectivity index (χ1) is 15.2. The highest BCUT2D eigenvalue weighted by Gasteiger charge is 2.24. The average Bonchev–Trinajstić information content (AvgIpc) is 2.58. The van der Waals surface area contributed by atoms with Crippen molar-refractivity contribution < 1.29 is 99.9 Å². The Morgan fingerprint density at radius 2 is 0.471 bits per heavy atom. The lowest BCUT2D eigenvalue weighted by Crippen LogP contribution is -2.15. The van der Waals surface area contributed by atoms with Crippen LogP contribution in [0.25, 0.3) is 0 Å². The number of hydrogen-bond donors (Lipinski definition) is 16. The second-order valence-electron chi connectivity index (χ2n) is 4.55. The van der Waals surface area contributed by atoms with Gasteiger partial charge in [-0.15, -0.1) is 0 Å². The Balaban J connectivity index is -0.000000229. The van der Waals surface area contributed by atoms with Gasteiger partial charge in [-0.1, -0.05) is 0 Å². The molecule has 0 heterocycles. The molecule has 0 unspecified atom stereocenters. The van der Waals surface area contributed by atoms with E-state index in [1.54, 1.807) is 0 Å². The van der Waals surface area contributed by atoms with E-state index in [-0.39, 0.29) is 0 Å². The minimum Gasteiger partial charge on any atom is -0.478 e. The Kier molecular flexibility index (Phi) is 23.0. The van der Waals surface area contributed by atoms with Crippen molar-refractivity contribution >= 4 is 53.2 Å². The van der Waals surface area contributed by atoms with Crippen LogP contribution in [0.5, 0.6) is 0 Å². The lowest BCUT2D eigenvalue weighted by atomic mass is 9.98. The Morgan fingerprint density at radius 1 is 0.382 bits per heavy atom. The molecule has 0 saturated carbocycles. The number of hydrogen-bond acceptors (Lipinski definition) is 16. The maximum absolute atomic E-state index is 10.8. The molecule has 0 saturated heterocycles. The number of carboxylic acid groups (broad SMARTS) is 4. The van der Waals surface area contributed by atoms with Crippen molar-refractivity contribution in [2.45, 2.75) is 0 Å². The summed E-state index contributed by atoms with van der Waals surface area (Å²) in [5.41, 5.74) is -3.15. The zero-order valence-electron chi connectivity index (χ0n) is 16.3. The van der Waals surface area contributed by atoms with Crippen LogP contribution < -0.4 is 0 Å². The summed E-state index contributed by atoms with van der Waals surface area (Å²) in [6.45, 7) is 0. The van der Waals surface area contributed by atoms with Crippen molar-refractivity contribution in [3.8, 4) is 0 Å². The summed E-state index contributed by atoms with van der Waals surface area (Å²) in [7, 11) is -8.67. The van der Waals surface area contributed by atoms with Crippen LogP contribution in [0.2, 0.25) is 0 Å². The zero-order valence-corrected chi connectivity index (χ0v) is 16.3. The number of aromatic carboxylic acids is 4. The molecule has 190 valence electrons. The van der Waals surface area contributed by atoms with Crippen LogP contribution in [0.15, 0.2) is 12.1 Å². The summed E-state index contributed by atoms with van der Waals surface area (Å²) in [5, 5.41) is 121. The first kappa shape index (κ1) is 38.2. The van der Waals surface area contributed by atoms with E-state index in [0.717, 1.165) is 0 Å². The highest BCUT2D eigenvalue weighted by Crippen LogP contribution is 2.18. The Hall–Kier alpha value is -3.12. The fraction of sp³-hybridized carbons (Fsp3) is 0. The second kappa shape index (κ2) is 20.5. The van der Waals surface area contributed by atoms with Crippen molar-refractivity contribution in [2.24, 2.45) is 0 Å². The third-order valence-corrected chi connectivity index (χ3v) is 2.08. The van der Waals surface area contributed by atoms with E-state index >= 15 is 0 Å². The Morgan fingerprint density at radius 3 is 0.529 bits per heavy atom. The molecule has 0 aliphatic carbocycles. The van der Waals surface area contributed by atoms with E-state index in [2.05, 4.69) is 0 Å². The molecule has 24 heteroatoms. The molecule has 1 aromatic rings. The van der Waals surface area contributed by atoms with Gasteiger partial charge < -0.3 is 80.7 Å². The van der Waals surface area contributed by atoms with Crippen LogP contribution in [0.1, 0.15) is 41.4 Å². The van der Waals surface area contributed by atoms with Gasteiger partial charge in [0.25, 0.3) is 0 Å². The number of carbonyl (C=O) groups is 4. The first-order valence-corrected chi connectivity index (χ1v) is 7.46. The van der Waals surface area contributed by atoms with E-state index in [1.807, 2.05) is 0 Å². The zero-order chi connectivity index (χ0) is 28.3. The summed E-state index contributed by atoms with van der Waals surface area (Å²) < 4.78 is 0. The van der Waals surface area contributed by atoms with Crippen molar-refractivity contribution in [3.63, 3.8) is 0 Å². The van der Waals surface area contributed by atoms with Crippen molar-refractivity contribution in [1.82, 2.24) is 0 Å². The minimum atomic E-state index is -2.17. The molecule has 0 aliphatic rings. The van der Waals surface area contributed by atoms with Gasteiger partial charge in [-0.2, -0.15) is 0 Å². The summed E-state index contributed by atoms with van der Waals surface area (Å²) in [5.74, 6) is -6.64. The molecule has 16 N–H and O–H groups in total. The summed E-state index contributed by atoms with van der Waals surface area (Å²) in [4.78, 5) is 43.1. The van der Waals surface area contributed by atoms with Crippen molar-refractivity contribution in [3.05, 3.63) is 34.4 Å². The molecular weight excluding hydrogens is 483 g/mol. The third-order valence-electron chi connectivity index (χ3n) is 2.08. The van der Waals surface area contributed by atoms with Gasteiger partial charge in [0, 0.05) is 0 Å². The fourth-order valence-electron chi connectivity index (χ4n) is 1.31. The van der Waals surface area contributed by atoms with Crippen LogP contribution in [0.3, 0.4) is 0 Å². The molecule has 0 amide bonds. The molecule has 1 aromatic carbocycles. The summed E-state index contributed by atoms with van der Waals surface area (Å²) >= 11 is 0. The molecule has 34 heavy (non-hydrogen) atoms. The van der Waals surface area contributed by atoms with Gasteiger partial charge in [0.2, 0.25) is 0 Å². The molecule has 20 nitrogen and oxygen atoms in total. The van der Waals surface area contributed by atoms with Crippen LogP contribution in [0, 0.1) is 0 Å². The SMILES string of the molecule is O=C(O)c1cc(C(=O)O)c(C(=O)O)cc1C(=O)O.OB(O)O.OB(O)O.OB(O)O.OB(O)O. The smallest absolute Gasteiger partial charge is 0.478 e. The fourth-order valence-corrected chi connectivity index (χ4v) is 1.31. The highest BCUT2D eigenvalue weighted by atomic mass is 16.5. The van der Waals surface area contributed by atoms with E-state index in [0.29, 0.717) is 12.1 Å². The predicted molar refractivity (Wildman–Crippen MR) is 104 cm³/mol. The molecule has 0 bridgehead atoms. The van der Waals surface area contributed by atoms with Crippen molar-refractivity contribution in [2.75, 3.05) is 0 Å². The van der Waals surface area contributed by atoms with E-state index < -0.39 is 75.4 Å². The van der Waals surface area contributed by atoms with Gasteiger partial charge in [-0.3, -0.25) is 0 Å². The molecule has 0 fully saturated rings. The number of benzene rings is 1. The molecule has 0 aromatic heterocycles. The maximum atomic E-state index is 10.8. The molecule has 0 atom stereocenters. The van der Waals surface area contributed by atoms with Gasteiger partial charge >= 0.3 is 53.2 Å². The number of carboxylic acids is 4. The van der Waals surface area contributed by atoms with Gasteiger partial charge in [0.15, 0.2) is 0 Å². The van der Waals surface area contributed by atoms with Gasteiger partial charge in [-0.25, -0.2) is 19.2 Å².